The lowest BCUT2D eigenvalue weighted by atomic mass is 10.1. The van der Waals surface area contributed by atoms with Gasteiger partial charge in [-0.3, -0.25) is 4.79 Å². The van der Waals surface area contributed by atoms with Gasteiger partial charge in [-0.15, -0.1) is 0 Å². The number of rotatable bonds is 6. The minimum Gasteiger partial charge on any atom is -0.335 e. The van der Waals surface area contributed by atoms with Crippen LogP contribution in [0, 0.1) is 0 Å². The molecule has 8 heteroatoms. The van der Waals surface area contributed by atoms with Crippen LogP contribution in [0.3, 0.4) is 0 Å². The van der Waals surface area contributed by atoms with Crippen molar-refractivity contribution in [3.8, 4) is 0 Å². The van der Waals surface area contributed by atoms with E-state index in [0.29, 0.717) is 11.6 Å². The topological polar surface area (TPSA) is 83.1 Å². The lowest BCUT2D eigenvalue weighted by Gasteiger charge is -2.33. The molecule has 0 aliphatic carbocycles. The lowest BCUT2D eigenvalue weighted by molar-refractivity contribution is -0.132. The van der Waals surface area contributed by atoms with Gasteiger partial charge in [0.15, 0.2) is 15.0 Å². The molecule has 0 bridgehead atoms. The Morgan fingerprint density at radius 3 is 2.84 bits per heavy atom. The maximum Gasteiger partial charge on any atom is 0.233 e. The molecular weight excluding hydrogens is 358 g/mol. The highest BCUT2D eigenvalue weighted by atomic mass is 32.2. The summed E-state index contributed by atoms with van der Waals surface area (Å²) in [5.41, 5.74) is 1.82. The highest BCUT2D eigenvalue weighted by Crippen LogP contribution is 2.24. The molecule has 136 valence electrons. The fraction of sp³-hybridized carbons (Fsp3) is 0.529. The molecule has 1 aliphatic heterocycles. The molecule has 2 heterocycles. The molecule has 2 atom stereocenters. The number of aromatic amines is 1. The Kier molecular flexibility index (Phi) is 5.38. The summed E-state index contributed by atoms with van der Waals surface area (Å²) in [5.74, 6) is 0.482. The average molecular weight is 382 g/mol. The largest absolute Gasteiger partial charge is 0.335 e. The molecule has 3 rings (SSSR count). The number of para-hydroxylation sites is 2. The fourth-order valence-electron chi connectivity index (χ4n) is 3.20. The average Bonchev–Trinajstić information content (AvgIpc) is 3.15. The maximum absolute atomic E-state index is 12.8. The van der Waals surface area contributed by atoms with Crippen LogP contribution in [0.15, 0.2) is 29.4 Å². The van der Waals surface area contributed by atoms with E-state index in [2.05, 4.69) is 9.97 Å². The predicted molar refractivity (Wildman–Crippen MR) is 100 cm³/mol. The van der Waals surface area contributed by atoms with Gasteiger partial charge in [0.1, 0.15) is 0 Å². The number of nitrogens with zero attached hydrogens (tertiary/aromatic N) is 2. The first-order chi connectivity index (χ1) is 11.9. The minimum atomic E-state index is -3.02. The molecule has 0 spiro atoms. The van der Waals surface area contributed by atoms with Gasteiger partial charge in [0.2, 0.25) is 5.91 Å². The normalized spacial score (nSPS) is 20.6. The highest BCUT2D eigenvalue weighted by Gasteiger charge is 2.36. The van der Waals surface area contributed by atoms with Crippen molar-refractivity contribution >= 4 is 38.5 Å². The van der Waals surface area contributed by atoms with Crippen LogP contribution in [0.4, 0.5) is 0 Å². The van der Waals surface area contributed by atoms with E-state index in [1.165, 1.54) is 11.8 Å². The minimum absolute atomic E-state index is 0.0260. The number of carbonyl (C=O) groups is 1. The van der Waals surface area contributed by atoms with Crippen LogP contribution < -0.4 is 0 Å². The van der Waals surface area contributed by atoms with E-state index in [1.807, 2.05) is 38.1 Å². The van der Waals surface area contributed by atoms with Crippen molar-refractivity contribution < 1.29 is 13.2 Å². The number of aromatic nitrogens is 2. The Labute approximate surface area is 152 Å². The highest BCUT2D eigenvalue weighted by molar-refractivity contribution is 7.99. The molecule has 0 saturated carbocycles. The third kappa shape index (κ3) is 4.17. The van der Waals surface area contributed by atoms with Crippen LogP contribution in [0.25, 0.3) is 11.0 Å². The van der Waals surface area contributed by atoms with Gasteiger partial charge in [-0.05, 0) is 31.9 Å². The van der Waals surface area contributed by atoms with Crippen LogP contribution in [0.5, 0.6) is 0 Å². The van der Waals surface area contributed by atoms with Crippen molar-refractivity contribution in [2.45, 2.75) is 43.9 Å². The number of carbonyl (C=O) groups excluding carboxylic acids is 1. The molecule has 2 aromatic rings. The second-order valence-electron chi connectivity index (χ2n) is 6.46. The summed E-state index contributed by atoms with van der Waals surface area (Å²) in [5, 5.41) is 0.706. The zero-order valence-corrected chi connectivity index (χ0v) is 16.1. The quantitative estimate of drug-likeness (QED) is 0.777. The first kappa shape index (κ1) is 18.3. The predicted octanol–water partition coefficient (Wildman–Crippen LogP) is 2.47. The van der Waals surface area contributed by atoms with Crippen molar-refractivity contribution in [2.75, 3.05) is 17.3 Å². The van der Waals surface area contributed by atoms with Crippen molar-refractivity contribution in [2.24, 2.45) is 0 Å². The molecule has 25 heavy (non-hydrogen) atoms. The van der Waals surface area contributed by atoms with Gasteiger partial charge < -0.3 is 9.88 Å². The van der Waals surface area contributed by atoms with Crippen LogP contribution in [0.2, 0.25) is 0 Å². The molecule has 0 unspecified atom stereocenters. The summed E-state index contributed by atoms with van der Waals surface area (Å²) >= 11 is 1.36. The zero-order valence-electron chi connectivity index (χ0n) is 14.4. The number of benzene rings is 1. The van der Waals surface area contributed by atoms with Gasteiger partial charge in [-0.25, -0.2) is 13.4 Å². The number of hydrogen-bond donors (Lipinski definition) is 1. The van der Waals surface area contributed by atoms with Crippen molar-refractivity contribution in [3.05, 3.63) is 24.3 Å². The van der Waals surface area contributed by atoms with Gasteiger partial charge in [0, 0.05) is 12.1 Å². The van der Waals surface area contributed by atoms with Gasteiger partial charge in [-0.1, -0.05) is 30.8 Å². The first-order valence-electron chi connectivity index (χ1n) is 8.48. The second-order valence-corrected chi connectivity index (χ2v) is 9.66. The first-order valence-corrected chi connectivity index (χ1v) is 11.3. The zero-order chi connectivity index (χ0) is 18.0. The Morgan fingerprint density at radius 1 is 1.44 bits per heavy atom. The summed E-state index contributed by atoms with van der Waals surface area (Å²) in [6, 6.07) is 7.56. The monoisotopic (exact) mass is 381 g/mol. The smallest absolute Gasteiger partial charge is 0.233 e. The summed E-state index contributed by atoms with van der Waals surface area (Å²) < 4.78 is 23.6. The van der Waals surface area contributed by atoms with Gasteiger partial charge in [0.25, 0.3) is 0 Å². The van der Waals surface area contributed by atoms with Crippen molar-refractivity contribution in [1.82, 2.24) is 14.9 Å². The number of imidazole rings is 1. The molecule has 1 N–H and O–H groups in total. The molecule has 1 fully saturated rings. The summed E-state index contributed by atoms with van der Waals surface area (Å²) in [6.45, 7) is 4.00. The Bertz CT molecular complexity index is 830. The van der Waals surface area contributed by atoms with Crippen molar-refractivity contribution in [3.63, 3.8) is 0 Å². The molecule has 1 aromatic carbocycles. The van der Waals surface area contributed by atoms with Gasteiger partial charge in [-0.2, -0.15) is 0 Å². The van der Waals surface area contributed by atoms with Crippen molar-refractivity contribution in [1.29, 1.82) is 0 Å². The number of fused-ring (bicyclic) bond motifs is 1. The molecule has 1 aliphatic rings. The third-order valence-corrected chi connectivity index (χ3v) is 7.26. The Balaban J connectivity index is 1.69. The van der Waals surface area contributed by atoms with E-state index in [9.17, 15) is 13.2 Å². The standard InChI is InChI=1S/C17H23N3O3S2/c1-3-12(2)20(13-8-9-25(22,23)11-13)16(21)10-24-17-18-14-6-4-5-7-15(14)19-17/h4-7,12-13H,3,8-11H2,1-2H3,(H,18,19)/t12-,13+/m1/s1. The molecule has 1 saturated heterocycles. The summed E-state index contributed by atoms with van der Waals surface area (Å²) in [4.78, 5) is 22.2. The van der Waals surface area contributed by atoms with Crippen LogP contribution >= 0.6 is 11.8 Å². The number of H-pyrrole nitrogens is 1. The third-order valence-electron chi connectivity index (χ3n) is 4.66. The number of hydrogen-bond acceptors (Lipinski definition) is 5. The number of thioether (sulfide) groups is 1. The van der Waals surface area contributed by atoms with E-state index in [4.69, 9.17) is 0 Å². The van der Waals surface area contributed by atoms with E-state index in [0.717, 1.165) is 17.5 Å². The fourth-order valence-corrected chi connectivity index (χ4v) is 5.67. The molecule has 1 aromatic heterocycles. The van der Waals surface area contributed by atoms with E-state index in [-0.39, 0.29) is 35.2 Å². The summed E-state index contributed by atoms with van der Waals surface area (Å²) in [7, 11) is -3.02. The molecular formula is C17H23N3O3S2. The van der Waals surface area contributed by atoms with Crippen LogP contribution in [-0.4, -0.2) is 58.5 Å². The summed E-state index contributed by atoms with van der Waals surface area (Å²) in [6.07, 6.45) is 1.34. The van der Waals surface area contributed by atoms with E-state index < -0.39 is 9.84 Å². The lowest BCUT2D eigenvalue weighted by Crippen LogP contribution is -2.47. The van der Waals surface area contributed by atoms with Gasteiger partial charge in [0.05, 0.1) is 28.3 Å². The molecule has 0 radical (unpaired) electrons. The molecule has 6 nitrogen and oxygen atoms in total. The second kappa shape index (κ2) is 7.37. The van der Waals surface area contributed by atoms with E-state index >= 15 is 0 Å². The van der Waals surface area contributed by atoms with Crippen LogP contribution in [0.1, 0.15) is 26.7 Å². The Morgan fingerprint density at radius 2 is 2.20 bits per heavy atom. The van der Waals surface area contributed by atoms with Crippen LogP contribution in [-0.2, 0) is 14.6 Å². The maximum atomic E-state index is 12.8. The van der Waals surface area contributed by atoms with E-state index in [1.54, 1.807) is 4.90 Å². The number of sulfone groups is 1. The van der Waals surface area contributed by atoms with Gasteiger partial charge >= 0.3 is 0 Å². The molecule has 1 amide bonds. The Hall–Kier alpha value is -1.54. The SMILES string of the molecule is CC[C@@H](C)N(C(=O)CSc1nc2ccccc2[nH]1)[C@H]1CCS(=O)(=O)C1. The number of amides is 1. The number of nitrogens with one attached hydrogen (secondary N) is 1.